The van der Waals surface area contributed by atoms with Crippen LogP contribution in [0.5, 0.6) is 5.75 Å². The van der Waals surface area contributed by atoms with Crippen molar-refractivity contribution in [2.75, 3.05) is 13.7 Å². The molecule has 1 unspecified atom stereocenters. The first kappa shape index (κ1) is 22.4. The summed E-state index contributed by atoms with van der Waals surface area (Å²) in [5, 5.41) is 3.27. The summed E-state index contributed by atoms with van der Waals surface area (Å²) in [6.07, 6.45) is 7.12. The Morgan fingerprint density at radius 1 is 1.12 bits per heavy atom. The number of carbonyl (C=O) groups is 1. The fourth-order valence-corrected chi connectivity index (χ4v) is 5.10. The molecule has 1 aliphatic heterocycles. The van der Waals surface area contributed by atoms with Crippen molar-refractivity contribution in [3.63, 3.8) is 0 Å². The van der Waals surface area contributed by atoms with Crippen LogP contribution < -0.4 is 10.1 Å². The van der Waals surface area contributed by atoms with Crippen LogP contribution in [-0.2, 0) is 11.2 Å². The van der Waals surface area contributed by atoms with Crippen molar-refractivity contribution >= 4 is 5.91 Å². The van der Waals surface area contributed by atoms with E-state index in [0.717, 1.165) is 42.6 Å². The van der Waals surface area contributed by atoms with Crippen molar-refractivity contribution in [3.05, 3.63) is 76.7 Å². The fourth-order valence-electron chi connectivity index (χ4n) is 5.10. The molecule has 4 nitrogen and oxygen atoms in total. The highest BCUT2D eigenvalue weighted by Gasteiger charge is 2.35. The largest absolute Gasteiger partial charge is 0.496 e. The molecular weight excluding hydrogens is 403 g/mol. The van der Waals surface area contributed by atoms with Gasteiger partial charge < -0.3 is 15.0 Å². The predicted molar refractivity (Wildman–Crippen MR) is 125 cm³/mol. The van der Waals surface area contributed by atoms with Gasteiger partial charge in [-0.1, -0.05) is 49.6 Å². The molecule has 32 heavy (non-hydrogen) atoms. The molecule has 4 rings (SSSR count). The van der Waals surface area contributed by atoms with Gasteiger partial charge in [-0.3, -0.25) is 4.79 Å². The minimum atomic E-state index is -0.290. The molecule has 1 atom stereocenters. The van der Waals surface area contributed by atoms with Gasteiger partial charge in [-0.2, -0.15) is 0 Å². The van der Waals surface area contributed by atoms with Crippen molar-refractivity contribution in [2.45, 2.75) is 64.0 Å². The second-order valence-corrected chi connectivity index (χ2v) is 8.91. The van der Waals surface area contributed by atoms with E-state index in [1.807, 2.05) is 25.1 Å². The Morgan fingerprint density at radius 2 is 1.88 bits per heavy atom. The van der Waals surface area contributed by atoms with Gasteiger partial charge in [0.15, 0.2) is 0 Å². The highest BCUT2D eigenvalue weighted by Crippen LogP contribution is 2.42. The fraction of sp³-hybridized carbons (Fsp3) is 0.444. The van der Waals surface area contributed by atoms with Crippen molar-refractivity contribution in [2.24, 2.45) is 0 Å². The van der Waals surface area contributed by atoms with E-state index in [2.05, 4.69) is 22.3 Å². The molecule has 1 N–H and O–H groups in total. The first-order valence-electron chi connectivity index (χ1n) is 11.7. The highest BCUT2D eigenvalue weighted by molar-refractivity contribution is 5.95. The maximum Gasteiger partial charge on any atom is 0.249 e. The van der Waals surface area contributed by atoms with E-state index < -0.39 is 0 Å². The quantitative estimate of drug-likeness (QED) is 0.619. The number of amides is 1. The van der Waals surface area contributed by atoms with E-state index in [4.69, 9.17) is 4.74 Å². The normalized spacial score (nSPS) is 19.3. The van der Waals surface area contributed by atoms with E-state index in [9.17, 15) is 9.18 Å². The molecule has 2 aromatic carbocycles. The highest BCUT2D eigenvalue weighted by atomic mass is 19.1. The molecule has 0 radical (unpaired) electrons. The monoisotopic (exact) mass is 436 g/mol. The van der Waals surface area contributed by atoms with Gasteiger partial charge in [-0.25, -0.2) is 4.39 Å². The lowest BCUT2D eigenvalue weighted by molar-refractivity contribution is -0.118. The van der Waals surface area contributed by atoms with Gasteiger partial charge in [0.1, 0.15) is 11.6 Å². The van der Waals surface area contributed by atoms with Crippen LogP contribution in [0.15, 0.2) is 59.8 Å². The number of halogens is 1. The third-order valence-electron chi connectivity index (χ3n) is 6.89. The molecular formula is C27H33FN2O2. The van der Waals surface area contributed by atoms with Crippen molar-refractivity contribution < 1.29 is 13.9 Å². The van der Waals surface area contributed by atoms with Gasteiger partial charge in [0.05, 0.1) is 13.2 Å². The summed E-state index contributed by atoms with van der Waals surface area (Å²) in [6, 6.07) is 15.1. The van der Waals surface area contributed by atoms with Crippen LogP contribution in [0.25, 0.3) is 0 Å². The Morgan fingerprint density at radius 3 is 2.59 bits per heavy atom. The van der Waals surface area contributed by atoms with Gasteiger partial charge in [-0.05, 0) is 49.9 Å². The minimum Gasteiger partial charge on any atom is -0.496 e. The lowest BCUT2D eigenvalue weighted by atomic mass is 9.94. The Balaban J connectivity index is 1.60. The van der Waals surface area contributed by atoms with E-state index >= 15 is 0 Å². The lowest BCUT2D eigenvalue weighted by Gasteiger charge is -2.30. The molecule has 1 aliphatic carbocycles. The first-order valence-corrected chi connectivity index (χ1v) is 11.7. The van der Waals surface area contributed by atoms with E-state index in [-0.39, 0.29) is 23.8 Å². The average molecular weight is 437 g/mol. The van der Waals surface area contributed by atoms with Gasteiger partial charge in [0.25, 0.3) is 0 Å². The van der Waals surface area contributed by atoms with Crippen LogP contribution in [-0.4, -0.2) is 30.5 Å². The van der Waals surface area contributed by atoms with E-state index in [1.165, 1.54) is 30.9 Å². The van der Waals surface area contributed by atoms with Gasteiger partial charge >= 0.3 is 0 Å². The Kier molecular flexibility index (Phi) is 7.13. The average Bonchev–Trinajstić information content (AvgIpc) is 3.15. The van der Waals surface area contributed by atoms with Crippen LogP contribution in [0.3, 0.4) is 0 Å². The maximum absolute atomic E-state index is 14.2. The first-order chi connectivity index (χ1) is 15.6. The van der Waals surface area contributed by atoms with Crippen LogP contribution in [0.1, 0.15) is 62.6 Å². The summed E-state index contributed by atoms with van der Waals surface area (Å²) in [7, 11) is 1.61. The molecule has 0 aromatic heterocycles. The molecule has 1 heterocycles. The topological polar surface area (TPSA) is 41.6 Å². The van der Waals surface area contributed by atoms with Gasteiger partial charge in [0.2, 0.25) is 5.91 Å². The minimum absolute atomic E-state index is 0.0250. The second kappa shape index (κ2) is 10.2. The zero-order valence-corrected chi connectivity index (χ0v) is 19.1. The molecule has 0 saturated heterocycles. The summed E-state index contributed by atoms with van der Waals surface area (Å²) < 4.78 is 19.8. The molecule has 0 bridgehead atoms. The Labute approximate surface area is 190 Å². The Hall–Kier alpha value is -2.82. The molecule has 1 amide bonds. The number of nitrogens with zero attached hydrogens (tertiary/aromatic N) is 1. The molecule has 2 aliphatic rings. The SMILES string of the molecule is COc1ccc(F)cc1C1CC(C(=O)NC2CCCCC2)=C(C)N1CCc1ccccc1. The molecule has 5 heteroatoms. The lowest BCUT2D eigenvalue weighted by Crippen LogP contribution is -2.37. The third kappa shape index (κ3) is 4.98. The number of allylic oxidation sites excluding steroid dienone is 1. The van der Waals surface area contributed by atoms with Crippen molar-refractivity contribution in [1.82, 2.24) is 10.2 Å². The second-order valence-electron chi connectivity index (χ2n) is 8.91. The predicted octanol–water partition coefficient (Wildman–Crippen LogP) is 5.55. The Bertz CT molecular complexity index is 967. The third-order valence-corrected chi connectivity index (χ3v) is 6.89. The number of hydrogen-bond acceptors (Lipinski definition) is 3. The number of benzene rings is 2. The van der Waals surface area contributed by atoms with E-state index in [0.29, 0.717) is 12.2 Å². The number of carbonyl (C=O) groups excluding carboxylic acids is 1. The molecule has 1 saturated carbocycles. The summed E-state index contributed by atoms with van der Waals surface area (Å²) in [4.78, 5) is 15.5. The standard InChI is InChI=1S/C27H33FN2O2/c1-19-23(27(31)29-22-11-7-4-8-12-22)18-25(24-17-21(28)13-14-26(24)32-2)30(19)16-15-20-9-5-3-6-10-20/h3,5-6,9-10,13-14,17,22,25H,4,7-8,11-12,15-16,18H2,1-2H3,(H,29,31). The van der Waals surface area contributed by atoms with Gasteiger partial charge in [-0.15, -0.1) is 0 Å². The van der Waals surface area contributed by atoms with Crippen LogP contribution in [0, 0.1) is 5.82 Å². The zero-order chi connectivity index (χ0) is 22.5. The zero-order valence-electron chi connectivity index (χ0n) is 19.1. The molecule has 1 fully saturated rings. The number of methoxy groups -OCH3 is 1. The number of nitrogens with one attached hydrogen (secondary N) is 1. The number of rotatable bonds is 7. The summed E-state index contributed by atoms with van der Waals surface area (Å²) in [6.45, 7) is 2.77. The van der Waals surface area contributed by atoms with Crippen molar-refractivity contribution in [3.8, 4) is 5.75 Å². The van der Waals surface area contributed by atoms with Crippen molar-refractivity contribution in [1.29, 1.82) is 0 Å². The smallest absolute Gasteiger partial charge is 0.249 e. The number of ether oxygens (including phenoxy) is 1. The van der Waals surface area contributed by atoms with E-state index in [1.54, 1.807) is 19.2 Å². The summed E-state index contributed by atoms with van der Waals surface area (Å²) in [5.41, 5.74) is 3.82. The van der Waals surface area contributed by atoms with Crippen LogP contribution >= 0.6 is 0 Å². The summed E-state index contributed by atoms with van der Waals surface area (Å²) in [5.74, 6) is 0.390. The van der Waals surface area contributed by atoms with Crippen LogP contribution in [0.4, 0.5) is 4.39 Å². The maximum atomic E-state index is 14.2. The number of hydrogen-bond donors (Lipinski definition) is 1. The summed E-state index contributed by atoms with van der Waals surface area (Å²) >= 11 is 0. The van der Waals surface area contributed by atoms with Crippen LogP contribution in [0.2, 0.25) is 0 Å². The molecule has 170 valence electrons. The van der Waals surface area contributed by atoms with Gasteiger partial charge in [0, 0.05) is 35.8 Å². The molecule has 2 aromatic rings. The molecule has 0 spiro atoms.